The molecular weight excluding hydrogens is 192 g/mol. The molecule has 1 heterocycles. The molecule has 0 unspecified atom stereocenters. The van der Waals surface area contributed by atoms with Crippen LogP contribution in [0.2, 0.25) is 5.15 Å². The van der Waals surface area contributed by atoms with Gasteiger partial charge in [-0.25, -0.2) is 9.78 Å². The highest BCUT2D eigenvalue weighted by Gasteiger charge is 2.09. The molecule has 1 aromatic rings. The van der Waals surface area contributed by atoms with Gasteiger partial charge in [-0.1, -0.05) is 17.7 Å². The summed E-state index contributed by atoms with van der Waals surface area (Å²) in [7, 11) is 1.29. The molecule has 1 aromatic heterocycles. The molecule has 2 N–H and O–H groups in total. The minimum atomic E-state index is -0.509. The highest BCUT2D eigenvalue weighted by Crippen LogP contribution is 2.13. The van der Waals surface area contributed by atoms with Gasteiger partial charge in [0, 0.05) is 12.1 Å². The summed E-state index contributed by atoms with van der Waals surface area (Å²) in [6, 6.07) is 3.18. The molecule has 0 aliphatic carbocycles. The zero-order valence-corrected chi connectivity index (χ0v) is 7.84. The summed E-state index contributed by atoms with van der Waals surface area (Å²) in [6.07, 6.45) is 0. The van der Waals surface area contributed by atoms with Gasteiger partial charge in [0.2, 0.25) is 0 Å². The number of pyridine rings is 1. The molecule has 0 spiro atoms. The molecule has 0 amide bonds. The average Bonchev–Trinajstić information content (AvgIpc) is 2.16. The second kappa shape index (κ2) is 4.20. The van der Waals surface area contributed by atoms with Crippen LogP contribution in [-0.2, 0) is 11.3 Å². The Morgan fingerprint density at radius 3 is 2.85 bits per heavy atom. The van der Waals surface area contributed by atoms with Gasteiger partial charge in [0.15, 0.2) is 0 Å². The fraction of sp³-hybridized carbons (Fsp3) is 0.250. The van der Waals surface area contributed by atoms with Gasteiger partial charge in [-0.05, 0) is 6.07 Å². The highest BCUT2D eigenvalue weighted by molar-refractivity contribution is 6.30. The number of hydrogen-bond donors (Lipinski definition) is 1. The molecule has 0 saturated carbocycles. The van der Waals surface area contributed by atoms with Gasteiger partial charge in [-0.2, -0.15) is 0 Å². The largest absolute Gasteiger partial charge is 0.464 e. The van der Waals surface area contributed by atoms with E-state index in [0.29, 0.717) is 12.1 Å². The first-order valence-corrected chi connectivity index (χ1v) is 4.00. The van der Waals surface area contributed by atoms with Crippen molar-refractivity contribution in [3.63, 3.8) is 0 Å². The normalized spacial score (nSPS) is 9.77. The third-order valence-corrected chi connectivity index (χ3v) is 1.87. The number of nitrogens with zero attached hydrogens (tertiary/aromatic N) is 1. The average molecular weight is 201 g/mol. The maximum atomic E-state index is 11.0. The summed E-state index contributed by atoms with van der Waals surface area (Å²) in [5.41, 5.74) is 6.26. The Hall–Kier alpha value is -1.13. The minimum Gasteiger partial charge on any atom is -0.464 e. The molecule has 0 fully saturated rings. The van der Waals surface area contributed by atoms with E-state index in [1.165, 1.54) is 13.2 Å². The van der Waals surface area contributed by atoms with Crippen LogP contribution in [0.25, 0.3) is 0 Å². The molecule has 0 aliphatic rings. The van der Waals surface area contributed by atoms with Crippen molar-refractivity contribution < 1.29 is 9.53 Å². The number of rotatable bonds is 2. The Balaban J connectivity index is 3.02. The molecule has 70 valence electrons. The van der Waals surface area contributed by atoms with Crippen molar-refractivity contribution >= 4 is 17.6 Å². The zero-order valence-electron chi connectivity index (χ0n) is 7.08. The maximum absolute atomic E-state index is 11.0. The minimum absolute atomic E-state index is 0.185. The number of esters is 1. The van der Waals surface area contributed by atoms with Crippen LogP contribution in [-0.4, -0.2) is 18.1 Å². The van der Waals surface area contributed by atoms with E-state index in [-0.39, 0.29) is 10.8 Å². The number of nitrogens with two attached hydrogens (primary N) is 1. The van der Waals surface area contributed by atoms with Crippen LogP contribution < -0.4 is 5.73 Å². The molecule has 4 nitrogen and oxygen atoms in total. The SMILES string of the molecule is COC(=O)c1ccc(CN)c(Cl)n1. The third kappa shape index (κ3) is 2.17. The van der Waals surface area contributed by atoms with Crippen molar-refractivity contribution in [3.8, 4) is 0 Å². The molecule has 0 radical (unpaired) electrons. The molecule has 13 heavy (non-hydrogen) atoms. The lowest BCUT2D eigenvalue weighted by atomic mass is 10.2. The van der Waals surface area contributed by atoms with Gasteiger partial charge >= 0.3 is 5.97 Å². The second-order valence-corrected chi connectivity index (χ2v) is 2.70. The van der Waals surface area contributed by atoms with Gasteiger partial charge in [-0.15, -0.1) is 0 Å². The molecule has 0 aliphatic heterocycles. The van der Waals surface area contributed by atoms with Gasteiger partial charge in [0.25, 0.3) is 0 Å². The highest BCUT2D eigenvalue weighted by atomic mass is 35.5. The number of carbonyl (C=O) groups excluding carboxylic acids is 1. The summed E-state index contributed by atoms with van der Waals surface area (Å²) in [5.74, 6) is -0.509. The van der Waals surface area contributed by atoms with Crippen molar-refractivity contribution in [2.75, 3.05) is 7.11 Å². The van der Waals surface area contributed by atoms with Crippen molar-refractivity contribution in [1.82, 2.24) is 4.98 Å². The summed E-state index contributed by atoms with van der Waals surface area (Å²) in [4.78, 5) is 14.8. The quantitative estimate of drug-likeness (QED) is 0.571. The van der Waals surface area contributed by atoms with Crippen molar-refractivity contribution in [3.05, 3.63) is 28.5 Å². The van der Waals surface area contributed by atoms with Gasteiger partial charge < -0.3 is 10.5 Å². The first-order chi connectivity index (χ1) is 6.19. The van der Waals surface area contributed by atoms with E-state index in [1.54, 1.807) is 6.07 Å². The van der Waals surface area contributed by atoms with E-state index in [4.69, 9.17) is 17.3 Å². The van der Waals surface area contributed by atoms with Crippen LogP contribution in [0.3, 0.4) is 0 Å². The molecular formula is C8H9ClN2O2. The number of ether oxygens (including phenoxy) is 1. The number of aromatic nitrogens is 1. The number of halogens is 1. The van der Waals surface area contributed by atoms with Crippen LogP contribution >= 0.6 is 11.6 Å². The van der Waals surface area contributed by atoms with Crippen molar-refractivity contribution in [2.45, 2.75) is 6.54 Å². The Morgan fingerprint density at radius 2 is 2.38 bits per heavy atom. The lowest BCUT2D eigenvalue weighted by Gasteiger charge is -2.02. The van der Waals surface area contributed by atoms with Crippen molar-refractivity contribution in [1.29, 1.82) is 0 Å². The van der Waals surface area contributed by atoms with Crippen LogP contribution in [0, 0.1) is 0 Å². The van der Waals surface area contributed by atoms with E-state index in [0.717, 1.165) is 0 Å². The number of carbonyl (C=O) groups is 1. The van der Waals surface area contributed by atoms with Gasteiger partial charge in [-0.3, -0.25) is 0 Å². The number of hydrogen-bond acceptors (Lipinski definition) is 4. The van der Waals surface area contributed by atoms with E-state index in [1.807, 2.05) is 0 Å². The van der Waals surface area contributed by atoms with E-state index in [2.05, 4.69) is 9.72 Å². The zero-order chi connectivity index (χ0) is 9.84. The number of methoxy groups -OCH3 is 1. The lowest BCUT2D eigenvalue weighted by molar-refractivity contribution is 0.0594. The Morgan fingerprint density at radius 1 is 1.69 bits per heavy atom. The summed E-state index contributed by atoms with van der Waals surface area (Å²) >= 11 is 5.73. The third-order valence-electron chi connectivity index (χ3n) is 1.54. The second-order valence-electron chi connectivity index (χ2n) is 2.34. The lowest BCUT2D eigenvalue weighted by Crippen LogP contribution is -2.06. The maximum Gasteiger partial charge on any atom is 0.356 e. The van der Waals surface area contributed by atoms with E-state index < -0.39 is 5.97 Å². The first-order valence-electron chi connectivity index (χ1n) is 3.63. The van der Waals surface area contributed by atoms with Crippen LogP contribution in [0.1, 0.15) is 16.1 Å². The molecule has 0 atom stereocenters. The summed E-state index contributed by atoms with van der Waals surface area (Å²) < 4.78 is 4.47. The van der Waals surface area contributed by atoms with Crippen LogP contribution in [0.4, 0.5) is 0 Å². The van der Waals surface area contributed by atoms with Crippen molar-refractivity contribution in [2.24, 2.45) is 5.73 Å². The molecule has 0 bridgehead atoms. The molecule has 1 rings (SSSR count). The smallest absolute Gasteiger partial charge is 0.356 e. The first kappa shape index (κ1) is 9.95. The Kier molecular flexibility index (Phi) is 3.22. The van der Waals surface area contributed by atoms with Gasteiger partial charge in [0.05, 0.1) is 7.11 Å². The standard InChI is InChI=1S/C8H9ClN2O2/c1-13-8(12)6-3-2-5(4-10)7(9)11-6/h2-3H,4,10H2,1H3. The monoisotopic (exact) mass is 200 g/mol. The predicted molar refractivity (Wildman–Crippen MR) is 48.5 cm³/mol. The summed E-state index contributed by atoms with van der Waals surface area (Å²) in [6.45, 7) is 0.299. The molecule has 5 heteroatoms. The Labute approximate surface area is 80.7 Å². The summed E-state index contributed by atoms with van der Waals surface area (Å²) in [5, 5.41) is 0.241. The predicted octanol–water partition coefficient (Wildman–Crippen LogP) is 0.980. The molecule has 0 saturated heterocycles. The van der Waals surface area contributed by atoms with E-state index in [9.17, 15) is 4.79 Å². The van der Waals surface area contributed by atoms with E-state index >= 15 is 0 Å². The van der Waals surface area contributed by atoms with Crippen LogP contribution in [0.15, 0.2) is 12.1 Å². The molecule has 0 aromatic carbocycles. The fourth-order valence-electron chi connectivity index (χ4n) is 0.834. The topological polar surface area (TPSA) is 65.2 Å². The van der Waals surface area contributed by atoms with Gasteiger partial charge in [0.1, 0.15) is 10.8 Å². The Bertz CT molecular complexity index is 328. The van der Waals surface area contributed by atoms with Crippen LogP contribution in [0.5, 0.6) is 0 Å². The fourth-order valence-corrected chi connectivity index (χ4v) is 1.06.